The monoisotopic (exact) mass is 765 g/mol. The lowest BCUT2D eigenvalue weighted by atomic mass is 10.0. The summed E-state index contributed by atoms with van der Waals surface area (Å²) >= 11 is 3.49. The second kappa shape index (κ2) is 12.7. The molecule has 0 radical (unpaired) electrons. The SMILES string of the molecule is c1ccc(-c2nc(-c3cccc4c3sc3ccccc34)nc(-c3cccc4oc5ccc(-c6nc(-c7ccccc7)nc7c6sc6ccccc67)cc5c34)n2)cc1. The van der Waals surface area contributed by atoms with Crippen LogP contribution in [0.3, 0.4) is 0 Å². The van der Waals surface area contributed by atoms with Crippen LogP contribution in [0, 0.1) is 0 Å². The van der Waals surface area contributed by atoms with Gasteiger partial charge < -0.3 is 4.42 Å². The largest absolute Gasteiger partial charge is 0.456 e. The Kier molecular flexibility index (Phi) is 7.17. The minimum absolute atomic E-state index is 0.580. The van der Waals surface area contributed by atoms with Crippen LogP contribution in [0.1, 0.15) is 0 Å². The number of thiophene rings is 2. The second-order valence-electron chi connectivity index (χ2n) is 14.0. The zero-order valence-electron chi connectivity index (χ0n) is 30.0. The van der Waals surface area contributed by atoms with Crippen molar-refractivity contribution >= 4 is 85.1 Å². The standard InChI is InChI=1S/C49H27N5OS2/c1-3-13-28(14-4-1)46-50-42(45-43(51-46)33-18-8-10-24-40(33)57-45)30-25-26-37-36(27-30)41-34(20-12-22-38(41)55-37)48-52-47(29-15-5-2-6-16-29)53-49(54-48)35-21-11-19-32-31-17-7-9-23-39(31)56-44(32)35/h1-27H. The average Bonchev–Trinajstić information content (AvgIpc) is 3.98. The van der Waals surface area contributed by atoms with Crippen molar-refractivity contribution in [3.8, 4) is 56.8 Å². The van der Waals surface area contributed by atoms with Crippen LogP contribution >= 0.6 is 22.7 Å². The lowest BCUT2D eigenvalue weighted by molar-refractivity contribution is 0.669. The van der Waals surface area contributed by atoms with Crippen LogP contribution in [-0.4, -0.2) is 24.9 Å². The quantitative estimate of drug-likeness (QED) is 0.174. The maximum Gasteiger partial charge on any atom is 0.165 e. The Balaban J connectivity index is 1.10. The van der Waals surface area contributed by atoms with E-state index in [1.165, 1.54) is 20.2 Å². The minimum atomic E-state index is 0.580. The molecule has 0 aliphatic heterocycles. The van der Waals surface area contributed by atoms with E-state index >= 15 is 0 Å². The van der Waals surface area contributed by atoms with Gasteiger partial charge in [-0.05, 0) is 42.5 Å². The highest BCUT2D eigenvalue weighted by Gasteiger charge is 2.22. The van der Waals surface area contributed by atoms with Crippen LogP contribution in [0.5, 0.6) is 0 Å². The van der Waals surface area contributed by atoms with Gasteiger partial charge >= 0.3 is 0 Å². The van der Waals surface area contributed by atoms with Gasteiger partial charge in [-0.15, -0.1) is 22.7 Å². The molecule has 12 rings (SSSR count). The molecular formula is C49H27N5OS2. The molecule has 0 fully saturated rings. The predicted octanol–water partition coefficient (Wildman–Crippen LogP) is 13.6. The molecule has 7 aromatic carbocycles. The predicted molar refractivity (Wildman–Crippen MR) is 236 cm³/mol. The van der Waals surface area contributed by atoms with Crippen molar-refractivity contribution in [3.63, 3.8) is 0 Å². The fourth-order valence-electron chi connectivity index (χ4n) is 7.92. The number of furan rings is 1. The van der Waals surface area contributed by atoms with E-state index in [9.17, 15) is 0 Å². The van der Waals surface area contributed by atoms with Gasteiger partial charge in [0.2, 0.25) is 0 Å². The van der Waals surface area contributed by atoms with Crippen molar-refractivity contribution in [1.82, 2.24) is 24.9 Å². The molecule has 0 aliphatic carbocycles. The van der Waals surface area contributed by atoms with Crippen molar-refractivity contribution in [2.45, 2.75) is 0 Å². The number of aromatic nitrogens is 5. The van der Waals surface area contributed by atoms with Gasteiger partial charge in [-0.3, -0.25) is 0 Å². The van der Waals surface area contributed by atoms with Crippen molar-refractivity contribution in [3.05, 3.63) is 164 Å². The molecule has 12 aromatic rings. The normalized spacial score (nSPS) is 11.9. The average molecular weight is 766 g/mol. The molecule has 0 atom stereocenters. The van der Waals surface area contributed by atoms with E-state index in [0.29, 0.717) is 23.3 Å². The Morgan fingerprint density at radius 1 is 0.368 bits per heavy atom. The number of hydrogen-bond donors (Lipinski definition) is 0. The zero-order valence-corrected chi connectivity index (χ0v) is 31.7. The fourth-order valence-corrected chi connectivity index (χ4v) is 10.3. The van der Waals surface area contributed by atoms with Crippen molar-refractivity contribution < 1.29 is 4.42 Å². The van der Waals surface area contributed by atoms with E-state index in [4.69, 9.17) is 29.3 Å². The van der Waals surface area contributed by atoms with E-state index in [-0.39, 0.29) is 0 Å². The molecule has 57 heavy (non-hydrogen) atoms. The van der Waals surface area contributed by atoms with Crippen LogP contribution in [-0.2, 0) is 0 Å². The summed E-state index contributed by atoms with van der Waals surface area (Å²) in [5.41, 5.74) is 8.10. The Labute approximate surface area is 333 Å². The lowest BCUT2D eigenvalue weighted by Crippen LogP contribution is -2.00. The Hall–Kier alpha value is -7.13. The van der Waals surface area contributed by atoms with Crippen molar-refractivity contribution in [1.29, 1.82) is 0 Å². The van der Waals surface area contributed by atoms with E-state index in [0.717, 1.165) is 75.8 Å². The summed E-state index contributed by atoms with van der Waals surface area (Å²) in [7, 11) is 0. The van der Waals surface area contributed by atoms with Gasteiger partial charge in [0, 0.05) is 68.8 Å². The van der Waals surface area contributed by atoms with E-state index < -0.39 is 0 Å². The molecule has 6 nitrogen and oxygen atoms in total. The van der Waals surface area contributed by atoms with Gasteiger partial charge in [0.1, 0.15) is 11.2 Å². The van der Waals surface area contributed by atoms with Gasteiger partial charge in [0.15, 0.2) is 23.3 Å². The third kappa shape index (κ3) is 5.19. The maximum absolute atomic E-state index is 6.56. The molecular weight excluding hydrogens is 739 g/mol. The summed E-state index contributed by atoms with van der Waals surface area (Å²) in [6.07, 6.45) is 0. The van der Waals surface area contributed by atoms with Crippen LogP contribution in [0.15, 0.2) is 168 Å². The molecule has 0 amide bonds. The maximum atomic E-state index is 6.56. The highest BCUT2D eigenvalue weighted by Crippen LogP contribution is 2.44. The van der Waals surface area contributed by atoms with E-state index in [2.05, 4.69) is 97.1 Å². The number of hydrogen-bond acceptors (Lipinski definition) is 8. The van der Waals surface area contributed by atoms with Gasteiger partial charge in [-0.25, -0.2) is 24.9 Å². The van der Waals surface area contributed by atoms with Gasteiger partial charge in [-0.1, -0.05) is 121 Å². The summed E-state index contributed by atoms with van der Waals surface area (Å²) in [4.78, 5) is 26.0. The number of nitrogens with zero attached hydrogens (tertiary/aromatic N) is 5. The molecule has 0 saturated carbocycles. The number of rotatable bonds is 5. The first-order chi connectivity index (χ1) is 28.2. The highest BCUT2D eigenvalue weighted by atomic mass is 32.1. The molecule has 5 heterocycles. The summed E-state index contributed by atoms with van der Waals surface area (Å²) in [6, 6.07) is 56.2. The smallest absolute Gasteiger partial charge is 0.165 e. The molecule has 8 heteroatoms. The van der Waals surface area contributed by atoms with E-state index in [1.54, 1.807) is 22.7 Å². The summed E-state index contributed by atoms with van der Waals surface area (Å²) in [5.74, 6) is 2.51. The van der Waals surface area contributed by atoms with Crippen LogP contribution in [0.2, 0.25) is 0 Å². The summed E-state index contributed by atoms with van der Waals surface area (Å²) in [5, 5.41) is 5.45. The first-order valence-corrected chi connectivity index (χ1v) is 20.3. The van der Waals surface area contributed by atoms with Gasteiger partial charge in [0.25, 0.3) is 0 Å². The van der Waals surface area contributed by atoms with Crippen LogP contribution in [0.25, 0.3) is 119 Å². The Morgan fingerprint density at radius 3 is 1.75 bits per heavy atom. The van der Waals surface area contributed by atoms with Gasteiger partial charge in [-0.2, -0.15) is 0 Å². The topological polar surface area (TPSA) is 77.6 Å². The van der Waals surface area contributed by atoms with Crippen molar-refractivity contribution in [2.24, 2.45) is 0 Å². The summed E-state index contributed by atoms with van der Waals surface area (Å²) < 4.78 is 11.2. The first kappa shape index (κ1) is 32.1. The molecule has 5 aromatic heterocycles. The third-order valence-corrected chi connectivity index (χ3v) is 13.0. The second-order valence-corrected chi connectivity index (χ2v) is 16.1. The van der Waals surface area contributed by atoms with Crippen molar-refractivity contribution in [2.75, 3.05) is 0 Å². The molecule has 0 saturated heterocycles. The van der Waals surface area contributed by atoms with E-state index in [1.807, 2.05) is 66.7 Å². The van der Waals surface area contributed by atoms with Crippen LogP contribution < -0.4 is 0 Å². The molecule has 0 bridgehead atoms. The minimum Gasteiger partial charge on any atom is -0.456 e. The lowest BCUT2D eigenvalue weighted by Gasteiger charge is -2.10. The molecule has 0 unspecified atom stereocenters. The zero-order chi connectivity index (χ0) is 37.5. The van der Waals surface area contributed by atoms with Gasteiger partial charge in [0.05, 0.1) is 15.9 Å². The molecule has 266 valence electrons. The first-order valence-electron chi connectivity index (χ1n) is 18.7. The summed E-state index contributed by atoms with van der Waals surface area (Å²) in [6.45, 7) is 0. The third-order valence-electron chi connectivity index (χ3n) is 10.6. The fraction of sp³-hybridized carbons (Fsp3) is 0. The van der Waals surface area contributed by atoms with Crippen LogP contribution in [0.4, 0.5) is 0 Å². The number of fused-ring (bicyclic) bond motifs is 9. The molecule has 0 aliphatic rings. The molecule has 0 spiro atoms. The molecule has 0 N–H and O–H groups in total. The highest BCUT2D eigenvalue weighted by molar-refractivity contribution is 7.26. The number of benzene rings is 7. The Morgan fingerprint density at radius 2 is 0.965 bits per heavy atom. The Bertz CT molecular complexity index is 3540.